The van der Waals surface area contributed by atoms with Crippen molar-refractivity contribution in [2.24, 2.45) is 13.0 Å². The number of hydrogen-bond acceptors (Lipinski definition) is 8. The fraction of sp³-hybridized carbons (Fsp3) is 0.375. The molecule has 11 heteroatoms. The Kier molecular flexibility index (Phi) is 7.20. The van der Waals surface area contributed by atoms with E-state index in [1.165, 1.54) is 7.11 Å². The van der Waals surface area contributed by atoms with Gasteiger partial charge < -0.3 is 15.2 Å². The van der Waals surface area contributed by atoms with Crippen molar-refractivity contribution in [3.8, 4) is 17.1 Å². The van der Waals surface area contributed by atoms with Crippen LogP contribution in [0.1, 0.15) is 35.8 Å². The van der Waals surface area contributed by atoms with Crippen molar-refractivity contribution in [1.82, 2.24) is 29.3 Å². The Bertz CT molecular complexity index is 1360. The molecule has 1 atom stereocenters. The average Bonchev–Trinajstić information content (AvgIpc) is 3.34. The second kappa shape index (κ2) is 10.3. The summed E-state index contributed by atoms with van der Waals surface area (Å²) in [7, 11) is 3.16. The quantitative estimate of drug-likeness (QED) is 0.209. The van der Waals surface area contributed by atoms with E-state index in [-0.39, 0.29) is 0 Å². The molecule has 35 heavy (non-hydrogen) atoms. The number of methoxy groups -OCH3 is 1. The minimum Gasteiger partial charge on any atom is -0.477 e. The Labute approximate surface area is 208 Å². The maximum atomic E-state index is 12.0. The van der Waals surface area contributed by atoms with Gasteiger partial charge in [0.05, 0.1) is 36.7 Å². The van der Waals surface area contributed by atoms with Crippen LogP contribution in [0.25, 0.3) is 22.4 Å². The topological polar surface area (TPSA) is 123 Å². The number of halogens is 1. The van der Waals surface area contributed by atoms with E-state index >= 15 is 0 Å². The number of nitrogen functional groups attached to an aromatic ring is 1. The number of nitrogens with two attached hydrogens (primary N) is 1. The second-order valence-corrected chi connectivity index (χ2v) is 8.90. The third kappa shape index (κ3) is 5.37. The molecule has 4 aromatic heterocycles. The first kappa shape index (κ1) is 24.5. The van der Waals surface area contributed by atoms with Crippen LogP contribution in [-0.4, -0.2) is 49.0 Å². The van der Waals surface area contributed by atoms with E-state index < -0.39 is 5.97 Å². The standard InChI is InChI=1S/C24H28ClN7O3/c1-14(13-32-21-18(29-24(32)26)7-8-20(25)30-21)6-5-9-35-22-17(12-27-31(22)3)19-11-16(23(33)34-4)10-15(2)28-19/h7-8,10-12,14H,5-6,9,13H2,1-4H3,(H2,26,29)/t14-/m1/s1. The fourth-order valence-corrected chi connectivity index (χ4v) is 4.14. The van der Waals surface area contributed by atoms with Gasteiger partial charge >= 0.3 is 5.97 Å². The molecule has 4 rings (SSSR count). The molecule has 0 amide bonds. The molecule has 0 aliphatic heterocycles. The highest BCUT2D eigenvalue weighted by atomic mass is 35.5. The SMILES string of the molecule is COC(=O)c1cc(C)nc(-c2cnn(C)c2OCCC[C@@H](C)Cn2c(N)nc3ccc(Cl)nc32)c1. The summed E-state index contributed by atoms with van der Waals surface area (Å²) in [5.41, 5.74) is 9.98. The molecule has 2 N–H and O–H groups in total. The van der Waals surface area contributed by atoms with E-state index in [0.717, 1.165) is 23.9 Å². The molecule has 0 fully saturated rings. The number of carbonyl (C=O) groups excluding carboxylic acids is 1. The van der Waals surface area contributed by atoms with Crippen molar-refractivity contribution in [3.63, 3.8) is 0 Å². The van der Waals surface area contributed by atoms with Crippen molar-refractivity contribution < 1.29 is 14.3 Å². The van der Waals surface area contributed by atoms with Gasteiger partial charge in [0.1, 0.15) is 10.7 Å². The van der Waals surface area contributed by atoms with Crippen molar-refractivity contribution in [1.29, 1.82) is 0 Å². The predicted octanol–water partition coefficient (Wildman–Crippen LogP) is 4.05. The average molecular weight is 498 g/mol. The highest BCUT2D eigenvalue weighted by Gasteiger charge is 2.18. The van der Waals surface area contributed by atoms with Crippen LogP contribution < -0.4 is 10.5 Å². The molecule has 4 heterocycles. The van der Waals surface area contributed by atoms with Crippen molar-refractivity contribution in [3.05, 3.63) is 46.9 Å². The van der Waals surface area contributed by atoms with Gasteiger partial charge in [-0.3, -0.25) is 9.55 Å². The number of hydrogen-bond donors (Lipinski definition) is 1. The lowest BCUT2D eigenvalue weighted by atomic mass is 10.1. The van der Waals surface area contributed by atoms with Gasteiger partial charge in [0.25, 0.3) is 0 Å². The molecule has 4 aromatic rings. The number of imidazole rings is 1. The zero-order valence-corrected chi connectivity index (χ0v) is 20.9. The van der Waals surface area contributed by atoms with Crippen LogP contribution in [0.2, 0.25) is 5.15 Å². The minimum atomic E-state index is -0.416. The molecule has 184 valence electrons. The molecular weight excluding hydrogens is 470 g/mol. The lowest BCUT2D eigenvalue weighted by Crippen LogP contribution is -2.12. The third-order valence-electron chi connectivity index (χ3n) is 5.70. The number of rotatable bonds is 9. The summed E-state index contributed by atoms with van der Waals surface area (Å²) in [6.07, 6.45) is 3.41. The van der Waals surface area contributed by atoms with Crippen molar-refractivity contribution in [2.45, 2.75) is 33.2 Å². The molecule has 0 bridgehead atoms. The minimum absolute atomic E-state index is 0.311. The van der Waals surface area contributed by atoms with Gasteiger partial charge in [0.15, 0.2) is 5.65 Å². The molecule has 0 saturated carbocycles. The molecule has 0 spiro atoms. The number of carbonyl (C=O) groups is 1. The highest BCUT2D eigenvalue weighted by molar-refractivity contribution is 6.29. The van der Waals surface area contributed by atoms with E-state index in [0.29, 0.717) is 58.6 Å². The monoisotopic (exact) mass is 497 g/mol. The first-order chi connectivity index (χ1) is 16.8. The Balaban J connectivity index is 1.39. The van der Waals surface area contributed by atoms with Gasteiger partial charge in [0.2, 0.25) is 11.8 Å². The Morgan fingerprint density at radius 2 is 2.03 bits per heavy atom. The van der Waals surface area contributed by atoms with Crippen LogP contribution in [0.15, 0.2) is 30.5 Å². The Morgan fingerprint density at radius 3 is 2.80 bits per heavy atom. The van der Waals surface area contributed by atoms with E-state index in [1.54, 1.807) is 29.1 Å². The van der Waals surface area contributed by atoms with Gasteiger partial charge in [-0.2, -0.15) is 5.10 Å². The van der Waals surface area contributed by atoms with Crippen molar-refractivity contribution >= 4 is 34.7 Å². The van der Waals surface area contributed by atoms with E-state index in [4.69, 9.17) is 26.8 Å². The lowest BCUT2D eigenvalue weighted by Gasteiger charge is -2.14. The third-order valence-corrected chi connectivity index (χ3v) is 5.91. The number of ether oxygens (including phenoxy) is 2. The number of anilines is 1. The van der Waals surface area contributed by atoms with Crippen LogP contribution in [0.5, 0.6) is 5.88 Å². The number of aromatic nitrogens is 6. The summed E-state index contributed by atoms with van der Waals surface area (Å²) in [5, 5.41) is 4.73. The van der Waals surface area contributed by atoms with Crippen molar-refractivity contribution in [2.75, 3.05) is 19.5 Å². The van der Waals surface area contributed by atoms with Gasteiger partial charge in [0, 0.05) is 19.3 Å². The Hall–Kier alpha value is -3.66. The number of aryl methyl sites for hydroxylation is 2. The molecule has 10 nitrogen and oxygen atoms in total. The summed E-state index contributed by atoms with van der Waals surface area (Å²) in [6.45, 7) is 5.15. The smallest absolute Gasteiger partial charge is 0.337 e. The summed E-state index contributed by atoms with van der Waals surface area (Å²) >= 11 is 6.05. The summed E-state index contributed by atoms with van der Waals surface area (Å²) < 4.78 is 14.5. The van der Waals surface area contributed by atoms with E-state index in [1.807, 2.05) is 24.6 Å². The maximum absolute atomic E-state index is 12.0. The summed E-state index contributed by atoms with van der Waals surface area (Å²) in [6, 6.07) is 6.90. The number of esters is 1. The molecule has 0 aromatic carbocycles. The number of nitrogens with zero attached hydrogens (tertiary/aromatic N) is 6. The van der Waals surface area contributed by atoms with E-state index in [9.17, 15) is 4.79 Å². The summed E-state index contributed by atoms with van der Waals surface area (Å²) in [4.78, 5) is 25.3. The first-order valence-electron chi connectivity index (χ1n) is 11.3. The Morgan fingerprint density at radius 1 is 1.23 bits per heavy atom. The number of fused-ring (bicyclic) bond motifs is 1. The normalized spacial score (nSPS) is 12.1. The van der Waals surface area contributed by atoms with Crippen LogP contribution in [-0.2, 0) is 18.3 Å². The predicted molar refractivity (Wildman–Crippen MR) is 133 cm³/mol. The first-order valence-corrected chi connectivity index (χ1v) is 11.6. The molecule has 0 saturated heterocycles. The van der Waals surface area contributed by atoms with E-state index in [2.05, 4.69) is 27.0 Å². The molecule has 0 aliphatic carbocycles. The largest absolute Gasteiger partial charge is 0.477 e. The van der Waals surface area contributed by atoms with Gasteiger partial charge in [-0.1, -0.05) is 18.5 Å². The number of pyridine rings is 2. The zero-order valence-electron chi connectivity index (χ0n) is 20.2. The fourth-order valence-electron chi connectivity index (χ4n) is 4.00. The lowest BCUT2D eigenvalue weighted by molar-refractivity contribution is 0.0600. The zero-order chi connectivity index (χ0) is 25.1. The van der Waals surface area contributed by atoms with Crippen LogP contribution in [0.3, 0.4) is 0 Å². The van der Waals surface area contributed by atoms with Crippen LogP contribution >= 0.6 is 11.6 Å². The summed E-state index contributed by atoms with van der Waals surface area (Å²) in [5.74, 6) is 0.914. The molecular formula is C24H28ClN7O3. The molecule has 0 unspecified atom stereocenters. The second-order valence-electron chi connectivity index (χ2n) is 8.51. The van der Waals surface area contributed by atoms with Crippen LogP contribution in [0.4, 0.5) is 5.95 Å². The van der Waals surface area contributed by atoms with Gasteiger partial charge in [-0.25, -0.2) is 19.4 Å². The molecule has 0 aliphatic rings. The van der Waals surface area contributed by atoms with Gasteiger partial charge in [-0.05, 0) is 49.9 Å². The highest BCUT2D eigenvalue weighted by Crippen LogP contribution is 2.29. The molecule has 0 radical (unpaired) electrons. The van der Waals surface area contributed by atoms with Gasteiger partial charge in [-0.15, -0.1) is 0 Å². The van der Waals surface area contributed by atoms with Crippen LogP contribution in [0, 0.1) is 12.8 Å². The maximum Gasteiger partial charge on any atom is 0.337 e.